The molecule has 1 atom stereocenters. The van der Waals surface area contributed by atoms with Gasteiger partial charge in [-0.05, 0) is 100 Å². The first-order valence-corrected chi connectivity index (χ1v) is 17.4. The summed E-state index contributed by atoms with van der Waals surface area (Å²) in [5.74, 6) is -0.0561. The van der Waals surface area contributed by atoms with E-state index in [9.17, 15) is 18.0 Å². The van der Waals surface area contributed by atoms with Gasteiger partial charge in [0, 0.05) is 30.1 Å². The minimum absolute atomic E-state index is 0.0365. The minimum Gasteiger partial charge on any atom is -0.442 e. The zero-order chi connectivity index (χ0) is 34.6. The molecule has 0 spiro atoms. The maximum atomic E-state index is 13.8. The Morgan fingerprint density at radius 3 is 2.30 bits per heavy atom. The van der Waals surface area contributed by atoms with Gasteiger partial charge in [-0.1, -0.05) is 49.4 Å². The number of rotatable bonds is 10. The number of hydrogen-bond acceptors (Lipinski definition) is 8. The standard InChI is InChI=1S/C36H44N4O6S/c1-9-24-13-12-15-26(21-24)31(33(41)38-23-27-14-10-11-16-30(27)47(8,43)44)39-28-17-18-29-25(22-28)19-20-37-32(29)40(46-36(5,6)7)34(42)45-35(2,3)4/h10-22,31,39H,9,23H2,1-8H3,(H,38,41). The van der Waals surface area contributed by atoms with Crippen molar-refractivity contribution >= 4 is 44.1 Å². The smallest absolute Gasteiger partial charge is 0.440 e. The number of carbonyl (C=O) groups excluding carboxylic acids is 2. The van der Waals surface area contributed by atoms with E-state index in [1.165, 1.54) is 6.07 Å². The molecule has 2 N–H and O–H groups in total. The van der Waals surface area contributed by atoms with Crippen LogP contribution >= 0.6 is 0 Å². The molecule has 0 radical (unpaired) electrons. The number of aromatic nitrogens is 1. The Morgan fingerprint density at radius 1 is 0.915 bits per heavy atom. The first-order chi connectivity index (χ1) is 21.9. The first-order valence-electron chi connectivity index (χ1n) is 15.5. The van der Waals surface area contributed by atoms with Crippen molar-refractivity contribution in [1.29, 1.82) is 0 Å². The van der Waals surface area contributed by atoms with E-state index < -0.39 is 33.2 Å². The number of aryl methyl sites for hydroxylation is 1. The molecule has 3 aromatic carbocycles. The molecular weight excluding hydrogens is 616 g/mol. The summed E-state index contributed by atoms with van der Waals surface area (Å²) < 4.78 is 30.3. The Balaban J connectivity index is 1.69. The number of pyridine rings is 1. The summed E-state index contributed by atoms with van der Waals surface area (Å²) in [6, 6.07) is 20.9. The lowest BCUT2D eigenvalue weighted by Gasteiger charge is -2.31. The number of sulfone groups is 1. The second-order valence-corrected chi connectivity index (χ2v) is 15.3. The van der Waals surface area contributed by atoms with E-state index in [-0.39, 0.29) is 23.2 Å². The van der Waals surface area contributed by atoms with Crippen molar-refractivity contribution in [3.63, 3.8) is 0 Å². The molecule has 47 heavy (non-hydrogen) atoms. The topological polar surface area (TPSA) is 127 Å². The van der Waals surface area contributed by atoms with Crippen molar-refractivity contribution < 1.29 is 27.6 Å². The molecule has 10 nitrogen and oxygen atoms in total. The highest BCUT2D eigenvalue weighted by Crippen LogP contribution is 2.31. The Labute approximate surface area is 277 Å². The van der Waals surface area contributed by atoms with Crippen LogP contribution in [0.1, 0.15) is 71.2 Å². The third-order valence-corrected chi connectivity index (χ3v) is 8.15. The van der Waals surface area contributed by atoms with Crippen LogP contribution in [0.5, 0.6) is 0 Å². The van der Waals surface area contributed by atoms with Crippen molar-refractivity contribution in [3.8, 4) is 0 Å². The fraction of sp³-hybridized carbons (Fsp3) is 0.361. The van der Waals surface area contributed by atoms with Crippen molar-refractivity contribution in [2.24, 2.45) is 0 Å². The van der Waals surface area contributed by atoms with E-state index in [0.717, 1.165) is 34.3 Å². The fourth-order valence-corrected chi connectivity index (χ4v) is 5.86. The van der Waals surface area contributed by atoms with E-state index in [1.807, 2.05) is 70.2 Å². The zero-order valence-electron chi connectivity index (χ0n) is 28.2. The molecule has 0 aliphatic rings. The molecule has 4 aromatic rings. The van der Waals surface area contributed by atoms with Crippen LogP contribution in [0.4, 0.5) is 16.3 Å². The first kappa shape index (κ1) is 35.4. The highest BCUT2D eigenvalue weighted by molar-refractivity contribution is 7.90. The second kappa shape index (κ2) is 14.1. The predicted molar refractivity (Wildman–Crippen MR) is 185 cm³/mol. The summed E-state index contributed by atoms with van der Waals surface area (Å²) in [5, 5.41) is 8.77. The van der Waals surface area contributed by atoms with Crippen LogP contribution < -0.4 is 15.7 Å². The molecule has 0 aliphatic heterocycles. The highest BCUT2D eigenvalue weighted by atomic mass is 32.2. The molecule has 0 saturated heterocycles. The van der Waals surface area contributed by atoms with Gasteiger partial charge in [-0.3, -0.25) is 9.63 Å². The third kappa shape index (κ3) is 9.52. The van der Waals surface area contributed by atoms with Gasteiger partial charge in [0.25, 0.3) is 0 Å². The summed E-state index contributed by atoms with van der Waals surface area (Å²) >= 11 is 0. The lowest BCUT2D eigenvalue weighted by molar-refractivity contribution is -0.122. The highest BCUT2D eigenvalue weighted by Gasteiger charge is 2.31. The number of hydrogen-bond donors (Lipinski definition) is 2. The number of carbonyl (C=O) groups is 2. The number of nitrogens with zero attached hydrogens (tertiary/aromatic N) is 2. The van der Waals surface area contributed by atoms with E-state index in [2.05, 4.69) is 15.6 Å². The molecule has 1 aromatic heterocycles. The molecule has 250 valence electrons. The van der Waals surface area contributed by atoms with Gasteiger partial charge in [0.1, 0.15) is 11.6 Å². The van der Waals surface area contributed by atoms with Gasteiger partial charge in [0.15, 0.2) is 15.7 Å². The van der Waals surface area contributed by atoms with Gasteiger partial charge in [0.05, 0.1) is 10.5 Å². The van der Waals surface area contributed by atoms with Crippen molar-refractivity contribution in [2.75, 3.05) is 16.6 Å². The average Bonchev–Trinajstić information content (AvgIpc) is 2.99. The number of nitrogens with one attached hydrogen (secondary N) is 2. The van der Waals surface area contributed by atoms with Crippen LogP contribution in [0.2, 0.25) is 0 Å². The molecule has 0 bridgehead atoms. The van der Waals surface area contributed by atoms with E-state index in [4.69, 9.17) is 9.57 Å². The largest absolute Gasteiger partial charge is 0.442 e. The summed E-state index contributed by atoms with van der Waals surface area (Å²) in [6.45, 7) is 12.9. The van der Waals surface area contributed by atoms with Crippen LogP contribution in [0.3, 0.4) is 0 Å². The average molecular weight is 661 g/mol. The van der Waals surface area contributed by atoms with Crippen molar-refractivity contribution in [1.82, 2.24) is 10.3 Å². The number of hydroxylamine groups is 1. The zero-order valence-corrected chi connectivity index (χ0v) is 29.1. The maximum Gasteiger partial charge on any atom is 0.440 e. The number of amides is 2. The number of ether oxygens (including phenoxy) is 1. The lowest BCUT2D eigenvalue weighted by atomic mass is 10.0. The Morgan fingerprint density at radius 2 is 1.64 bits per heavy atom. The summed E-state index contributed by atoms with van der Waals surface area (Å²) in [4.78, 5) is 37.7. The van der Waals surface area contributed by atoms with E-state index in [0.29, 0.717) is 16.6 Å². The van der Waals surface area contributed by atoms with Gasteiger partial charge in [0.2, 0.25) is 5.91 Å². The molecule has 4 rings (SSSR count). The maximum absolute atomic E-state index is 13.8. The molecule has 1 unspecified atom stereocenters. The van der Waals surface area contributed by atoms with E-state index >= 15 is 0 Å². The predicted octanol–water partition coefficient (Wildman–Crippen LogP) is 7.14. The number of anilines is 2. The number of fused-ring (bicyclic) bond motifs is 1. The molecule has 1 heterocycles. The van der Waals surface area contributed by atoms with Crippen LogP contribution in [-0.2, 0) is 37.2 Å². The fourth-order valence-electron chi connectivity index (χ4n) is 4.91. The molecule has 11 heteroatoms. The lowest BCUT2D eigenvalue weighted by Crippen LogP contribution is -2.42. The molecule has 0 fully saturated rings. The van der Waals surface area contributed by atoms with Gasteiger partial charge in [-0.25, -0.2) is 18.2 Å². The molecule has 0 aliphatic carbocycles. The van der Waals surface area contributed by atoms with Crippen molar-refractivity contribution in [3.05, 3.63) is 95.7 Å². The molecular formula is C36H44N4O6S. The van der Waals surface area contributed by atoms with Crippen LogP contribution in [0.15, 0.2) is 83.9 Å². The van der Waals surface area contributed by atoms with Gasteiger partial charge < -0.3 is 15.4 Å². The Kier molecular flexibility index (Phi) is 10.6. The normalized spacial score (nSPS) is 12.8. The van der Waals surface area contributed by atoms with Gasteiger partial charge >= 0.3 is 6.09 Å². The van der Waals surface area contributed by atoms with Crippen LogP contribution in [0.25, 0.3) is 10.8 Å². The SMILES string of the molecule is CCc1cccc(C(Nc2ccc3c(N(OC(C)(C)C)C(=O)OC(C)(C)C)nccc3c2)C(=O)NCc2ccccc2S(C)(=O)=O)c1. The monoisotopic (exact) mass is 660 g/mol. The molecule has 0 saturated carbocycles. The quantitative estimate of drug-likeness (QED) is 0.172. The van der Waals surface area contributed by atoms with Crippen LogP contribution in [-0.4, -0.2) is 42.9 Å². The second-order valence-electron chi connectivity index (χ2n) is 13.3. The number of benzene rings is 3. The van der Waals surface area contributed by atoms with E-state index in [1.54, 1.807) is 51.2 Å². The summed E-state index contributed by atoms with van der Waals surface area (Å²) in [5.41, 5.74) is 1.49. The molecule has 2 amide bonds. The summed E-state index contributed by atoms with van der Waals surface area (Å²) in [7, 11) is -3.48. The Bertz CT molecular complexity index is 1860. The van der Waals surface area contributed by atoms with Gasteiger partial charge in [-0.15, -0.1) is 5.06 Å². The minimum atomic E-state index is -3.48. The van der Waals surface area contributed by atoms with Crippen molar-refractivity contribution in [2.45, 2.75) is 83.6 Å². The van der Waals surface area contributed by atoms with Gasteiger partial charge in [-0.2, -0.15) is 0 Å². The summed E-state index contributed by atoms with van der Waals surface area (Å²) in [6.07, 6.45) is 2.83. The Hall–Kier alpha value is -4.48. The third-order valence-electron chi connectivity index (χ3n) is 6.95. The van der Waals surface area contributed by atoms with Crippen LogP contribution in [0, 0.1) is 0 Å².